The molecule has 0 bridgehead atoms. The largest absolute Gasteiger partial charge is 0.383 e. The van der Waals surface area contributed by atoms with Gasteiger partial charge >= 0.3 is 0 Å². The maximum Gasteiger partial charge on any atom is 0.189 e. The van der Waals surface area contributed by atoms with Crippen molar-refractivity contribution in [2.45, 2.75) is 19.5 Å². The summed E-state index contributed by atoms with van der Waals surface area (Å²) in [6.07, 6.45) is 0. The fourth-order valence-electron chi connectivity index (χ4n) is 1.45. The van der Waals surface area contributed by atoms with Gasteiger partial charge in [0.2, 0.25) is 0 Å². The Morgan fingerprint density at radius 1 is 1.50 bits per heavy atom. The van der Waals surface area contributed by atoms with Crippen LogP contribution >= 0.6 is 0 Å². The molecule has 0 saturated carbocycles. The molecular formula is C13H18N4O. The molecule has 1 rings (SSSR count). The third-order valence-electron chi connectivity index (χ3n) is 2.33. The fourth-order valence-corrected chi connectivity index (χ4v) is 1.45. The summed E-state index contributed by atoms with van der Waals surface area (Å²) in [5.41, 5.74) is 7.39. The number of hydrogen-bond acceptors (Lipinski definition) is 3. The van der Waals surface area contributed by atoms with E-state index in [1.54, 1.807) is 19.2 Å². The van der Waals surface area contributed by atoms with Crippen LogP contribution in [0.3, 0.4) is 0 Å². The first-order chi connectivity index (χ1) is 8.65. The van der Waals surface area contributed by atoms with Crippen LogP contribution in [0.1, 0.15) is 18.1 Å². The number of nitrogens with two attached hydrogens (primary N) is 1. The second-order valence-corrected chi connectivity index (χ2v) is 4.01. The first-order valence-electron chi connectivity index (χ1n) is 5.70. The molecule has 5 heteroatoms. The van der Waals surface area contributed by atoms with E-state index in [9.17, 15) is 0 Å². The minimum atomic E-state index is 0.125. The molecule has 0 aliphatic carbocycles. The van der Waals surface area contributed by atoms with E-state index < -0.39 is 0 Å². The zero-order valence-electron chi connectivity index (χ0n) is 10.7. The van der Waals surface area contributed by atoms with E-state index in [0.717, 1.165) is 5.56 Å². The van der Waals surface area contributed by atoms with Crippen LogP contribution in [-0.4, -0.2) is 25.7 Å². The van der Waals surface area contributed by atoms with Crippen LogP contribution in [0.2, 0.25) is 0 Å². The highest BCUT2D eigenvalue weighted by molar-refractivity contribution is 5.78. The van der Waals surface area contributed by atoms with Crippen molar-refractivity contribution < 1.29 is 4.74 Å². The lowest BCUT2D eigenvalue weighted by atomic mass is 10.1. The van der Waals surface area contributed by atoms with Gasteiger partial charge in [0.15, 0.2) is 5.96 Å². The highest BCUT2D eigenvalue weighted by Gasteiger charge is 2.01. The number of nitriles is 1. The first-order valence-corrected chi connectivity index (χ1v) is 5.70. The maximum absolute atomic E-state index is 8.68. The predicted octanol–water partition coefficient (Wildman–Crippen LogP) is 0.997. The van der Waals surface area contributed by atoms with Gasteiger partial charge in [0, 0.05) is 13.2 Å². The Kier molecular flexibility index (Phi) is 5.68. The Morgan fingerprint density at radius 3 is 2.72 bits per heavy atom. The number of ether oxygens (including phenoxy) is 1. The molecule has 0 aromatic heterocycles. The second kappa shape index (κ2) is 7.30. The van der Waals surface area contributed by atoms with Gasteiger partial charge in [-0.25, -0.2) is 4.99 Å². The van der Waals surface area contributed by atoms with Crippen molar-refractivity contribution in [1.29, 1.82) is 5.26 Å². The molecule has 0 fully saturated rings. The highest BCUT2D eigenvalue weighted by Crippen LogP contribution is 2.04. The predicted molar refractivity (Wildman–Crippen MR) is 71.0 cm³/mol. The molecule has 0 saturated heterocycles. The monoisotopic (exact) mass is 246 g/mol. The SMILES string of the molecule is COCC(C)NC(N)=NCc1ccc(C#N)cc1. The van der Waals surface area contributed by atoms with E-state index in [0.29, 0.717) is 24.7 Å². The minimum absolute atomic E-state index is 0.125. The molecular weight excluding hydrogens is 228 g/mol. The molecule has 3 N–H and O–H groups in total. The van der Waals surface area contributed by atoms with Gasteiger partial charge in [0.1, 0.15) is 0 Å². The number of guanidine groups is 1. The summed E-state index contributed by atoms with van der Waals surface area (Å²) in [6.45, 7) is 3.03. The van der Waals surface area contributed by atoms with Crippen LogP contribution in [0.25, 0.3) is 0 Å². The summed E-state index contributed by atoms with van der Waals surface area (Å²) in [4.78, 5) is 4.22. The van der Waals surface area contributed by atoms with Crippen LogP contribution in [0.15, 0.2) is 29.3 Å². The Morgan fingerprint density at radius 2 is 2.17 bits per heavy atom. The van der Waals surface area contributed by atoms with Gasteiger partial charge in [-0.3, -0.25) is 0 Å². The van der Waals surface area contributed by atoms with Gasteiger partial charge in [0.05, 0.1) is 24.8 Å². The number of benzene rings is 1. The van der Waals surface area contributed by atoms with E-state index in [2.05, 4.69) is 16.4 Å². The van der Waals surface area contributed by atoms with E-state index in [1.807, 2.05) is 19.1 Å². The molecule has 1 atom stereocenters. The number of aliphatic imine (C=N–C) groups is 1. The van der Waals surface area contributed by atoms with Crippen molar-refractivity contribution in [1.82, 2.24) is 5.32 Å². The smallest absolute Gasteiger partial charge is 0.189 e. The number of rotatable bonds is 5. The Hall–Kier alpha value is -2.06. The second-order valence-electron chi connectivity index (χ2n) is 4.01. The Labute approximate surface area is 107 Å². The van der Waals surface area contributed by atoms with E-state index >= 15 is 0 Å². The number of hydrogen-bond donors (Lipinski definition) is 2. The van der Waals surface area contributed by atoms with Crippen LogP contribution in [0.4, 0.5) is 0 Å². The molecule has 0 aliphatic rings. The molecule has 18 heavy (non-hydrogen) atoms. The minimum Gasteiger partial charge on any atom is -0.383 e. The van der Waals surface area contributed by atoms with Crippen LogP contribution in [-0.2, 0) is 11.3 Å². The van der Waals surface area contributed by atoms with Gasteiger partial charge in [-0.2, -0.15) is 5.26 Å². The topological polar surface area (TPSA) is 83.4 Å². The third-order valence-corrected chi connectivity index (χ3v) is 2.33. The van der Waals surface area contributed by atoms with Gasteiger partial charge < -0.3 is 15.8 Å². The quantitative estimate of drug-likeness (QED) is 0.599. The number of methoxy groups -OCH3 is 1. The van der Waals surface area contributed by atoms with E-state index in [1.165, 1.54) is 0 Å². The summed E-state index contributed by atoms with van der Waals surface area (Å²) in [7, 11) is 1.64. The van der Waals surface area contributed by atoms with Gasteiger partial charge in [-0.1, -0.05) is 12.1 Å². The van der Waals surface area contributed by atoms with Crippen molar-refractivity contribution in [2.24, 2.45) is 10.7 Å². The van der Waals surface area contributed by atoms with Gasteiger partial charge in [0.25, 0.3) is 0 Å². The molecule has 0 spiro atoms. The maximum atomic E-state index is 8.68. The molecule has 5 nitrogen and oxygen atoms in total. The zero-order chi connectivity index (χ0) is 13.4. The summed E-state index contributed by atoms with van der Waals surface area (Å²) in [6, 6.07) is 9.47. The van der Waals surface area contributed by atoms with Crippen molar-refractivity contribution in [3.05, 3.63) is 35.4 Å². The Balaban J connectivity index is 2.49. The summed E-state index contributed by atoms with van der Waals surface area (Å²) >= 11 is 0. The molecule has 1 aromatic carbocycles. The van der Waals surface area contributed by atoms with Crippen molar-refractivity contribution in [3.8, 4) is 6.07 Å². The normalized spacial score (nSPS) is 12.8. The molecule has 0 radical (unpaired) electrons. The lowest BCUT2D eigenvalue weighted by molar-refractivity contribution is 0.179. The lowest BCUT2D eigenvalue weighted by Gasteiger charge is -2.12. The lowest BCUT2D eigenvalue weighted by Crippen LogP contribution is -2.40. The number of nitrogens with zero attached hydrogens (tertiary/aromatic N) is 2. The van der Waals surface area contributed by atoms with E-state index in [4.69, 9.17) is 15.7 Å². The van der Waals surface area contributed by atoms with Crippen molar-refractivity contribution >= 4 is 5.96 Å². The van der Waals surface area contributed by atoms with Gasteiger partial charge in [-0.05, 0) is 24.6 Å². The first kappa shape index (κ1) is 14.0. The zero-order valence-corrected chi connectivity index (χ0v) is 10.7. The third kappa shape index (κ3) is 4.85. The molecule has 1 unspecified atom stereocenters. The van der Waals surface area contributed by atoms with Gasteiger partial charge in [-0.15, -0.1) is 0 Å². The summed E-state index contributed by atoms with van der Waals surface area (Å²) in [5, 5.41) is 11.7. The summed E-state index contributed by atoms with van der Waals surface area (Å²) in [5.74, 6) is 0.393. The molecule has 0 aliphatic heterocycles. The average molecular weight is 246 g/mol. The standard InChI is InChI=1S/C13H18N4O/c1-10(9-18-2)17-13(15)16-8-12-5-3-11(7-14)4-6-12/h3-6,10H,8-9H2,1-2H3,(H3,15,16,17). The van der Waals surface area contributed by atoms with Crippen LogP contribution in [0.5, 0.6) is 0 Å². The molecule has 0 heterocycles. The molecule has 1 aromatic rings. The van der Waals surface area contributed by atoms with Crippen LogP contribution in [0, 0.1) is 11.3 Å². The van der Waals surface area contributed by atoms with E-state index in [-0.39, 0.29) is 6.04 Å². The highest BCUT2D eigenvalue weighted by atomic mass is 16.5. The number of nitrogens with one attached hydrogen (secondary N) is 1. The molecule has 96 valence electrons. The Bertz CT molecular complexity index is 433. The molecule has 0 amide bonds. The van der Waals surface area contributed by atoms with Crippen molar-refractivity contribution in [2.75, 3.05) is 13.7 Å². The van der Waals surface area contributed by atoms with Crippen molar-refractivity contribution in [3.63, 3.8) is 0 Å². The van der Waals surface area contributed by atoms with Crippen LogP contribution < -0.4 is 11.1 Å². The fraction of sp³-hybridized carbons (Fsp3) is 0.385. The average Bonchev–Trinajstić information content (AvgIpc) is 2.37. The summed E-state index contributed by atoms with van der Waals surface area (Å²) < 4.78 is 4.99.